The summed E-state index contributed by atoms with van der Waals surface area (Å²) < 4.78 is 21.4. The number of benzene rings is 1. The van der Waals surface area contributed by atoms with Crippen molar-refractivity contribution in [1.29, 1.82) is 0 Å². The molecule has 0 bridgehead atoms. The van der Waals surface area contributed by atoms with Crippen molar-refractivity contribution in [2.45, 2.75) is 39.3 Å². The highest BCUT2D eigenvalue weighted by atomic mass is 19.1. The number of hydrogen-bond acceptors (Lipinski definition) is 4. The van der Waals surface area contributed by atoms with Gasteiger partial charge in [-0.25, -0.2) is 14.1 Å². The second kappa shape index (κ2) is 7.07. The molecule has 1 N–H and O–H groups in total. The van der Waals surface area contributed by atoms with Crippen LogP contribution in [0.2, 0.25) is 0 Å². The van der Waals surface area contributed by atoms with Gasteiger partial charge >= 0.3 is 0 Å². The molecule has 2 aromatic heterocycles. The first-order valence-electron chi connectivity index (χ1n) is 9.29. The van der Waals surface area contributed by atoms with E-state index in [0.717, 1.165) is 16.7 Å². The van der Waals surface area contributed by atoms with E-state index in [4.69, 9.17) is 9.84 Å². The molecular weight excluding hydrogens is 359 g/mol. The van der Waals surface area contributed by atoms with Crippen LogP contribution in [0.1, 0.15) is 33.2 Å². The van der Waals surface area contributed by atoms with Gasteiger partial charge in [-0.1, -0.05) is 6.92 Å². The third kappa shape index (κ3) is 3.13. The molecule has 0 fully saturated rings. The molecule has 4 rings (SSSR count). The number of carbonyl (C=O) groups is 1. The SMILES string of the molecule is CCC(=O)Nc1cc(-c2c(-c3ccc(F)cc3)nn3c2OC(C)C3C)ccn1. The van der Waals surface area contributed by atoms with E-state index in [0.29, 0.717) is 23.8 Å². The summed E-state index contributed by atoms with van der Waals surface area (Å²) in [6, 6.07) is 9.95. The standard InChI is InChI=1S/C21H21FN4O2/c1-4-18(27)24-17-11-15(9-10-23-17)19-20(14-5-7-16(22)8-6-14)25-26-12(2)13(3)28-21(19)26/h5-13H,4H2,1-3H3,(H,23,24,27). The number of pyridine rings is 1. The molecule has 0 saturated carbocycles. The van der Waals surface area contributed by atoms with Gasteiger partial charge in [0, 0.05) is 18.2 Å². The van der Waals surface area contributed by atoms with Gasteiger partial charge in [-0.05, 0) is 55.8 Å². The van der Waals surface area contributed by atoms with Gasteiger partial charge < -0.3 is 10.1 Å². The summed E-state index contributed by atoms with van der Waals surface area (Å²) in [5.41, 5.74) is 3.12. The lowest BCUT2D eigenvalue weighted by atomic mass is 10.0. The fourth-order valence-corrected chi connectivity index (χ4v) is 3.24. The van der Waals surface area contributed by atoms with Crippen molar-refractivity contribution in [2.24, 2.45) is 0 Å². The minimum Gasteiger partial charge on any atom is -0.472 e. The zero-order valence-electron chi connectivity index (χ0n) is 15.9. The van der Waals surface area contributed by atoms with Gasteiger partial charge in [-0.2, -0.15) is 5.10 Å². The second-order valence-corrected chi connectivity index (χ2v) is 6.88. The number of nitrogens with zero attached hydrogens (tertiary/aromatic N) is 3. The number of hydrogen-bond donors (Lipinski definition) is 1. The number of rotatable bonds is 4. The fourth-order valence-electron chi connectivity index (χ4n) is 3.24. The minimum atomic E-state index is -0.302. The molecule has 28 heavy (non-hydrogen) atoms. The number of aromatic nitrogens is 3. The predicted octanol–water partition coefficient (Wildman–Crippen LogP) is 4.44. The lowest BCUT2D eigenvalue weighted by Gasteiger charge is -2.11. The normalized spacial score (nSPS) is 17.9. The maximum atomic E-state index is 13.4. The molecule has 1 aliphatic rings. The molecule has 0 saturated heterocycles. The first-order valence-corrected chi connectivity index (χ1v) is 9.29. The Kier molecular flexibility index (Phi) is 4.58. The maximum Gasteiger partial charge on any atom is 0.225 e. The van der Waals surface area contributed by atoms with Gasteiger partial charge in [0.2, 0.25) is 11.8 Å². The molecule has 0 aliphatic carbocycles. The van der Waals surface area contributed by atoms with Crippen LogP contribution < -0.4 is 10.1 Å². The molecule has 1 amide bonds. The van der Waals surface area contributed by atoms with Gasteiger partial charge in [0.15, 0.2) is 0 Å². The average Bonchev–Trinajstić information content (AvgIpc) is 3.19. The molecule has 3 heterocycles. The summed E-state index contributed by atoms with van der Waals surface area (Å²) in [5, 5.41) is 7.54. The fraction of sp³-hybridized carbons (Fsp3) is 0.286. The Hall–Kier alpha value is -3.22. The quantitative estimate of drug-likeness (QED) is 0.726. The van der Waals surface area contributed by atoms with Gasteiger partial charge in [-0.15, -0.1) is 0 Å². The topological polar surface area (TPSA) is 69.0 Å². The number of amides is 1. The molecule has 1 aromatic carbocycles. The molecule has 2 atom stereocenters. The van der Waals surface area contributed by atoms with Gasteiger partial charge in [0.05, 0.1) is 11.6 Å². The number of fused-ring (bicyclic) bond motifs is 1. The third-order valence-corrected chi connectivity index (χ3v) is 4.98. The Balaban J connectivity index is 1.86. The third-order valence-electron chi connectivity index (χ3n) is 4.98. The van der Waals surface area contributed by atoms with Gasteiger partial charge in [0.25, 0.3) is 0 Å². The molecule has 0 spiro atoms. The Morgan fingerprint density at radius 1 is 1.21 bits per heavy atom. The average molecular weight is 380 g/mol. The Morgan fingerprint density at radius 2 is 1.96 bits per heavy atom. The Morgan fingerprint density at radius 3 is 2.68 bits per heavy atom. The van der Waals surface area contributed by atoms with Crippen molar-refractivity contribution in [2.75, 3.05) is 5.32 Å². The summed E-state index contributed by atoms with van der Waals surface area (Å²) in [5.74, 6) is 0.720. The van der Waals surface area contributed by atoms with Crippen molar-refractivity contribution < 1.29 is 13.9 Å². The number of carbonyl (C=O) groups excluding carboxylic acids is 1. The zero-order valence-corrected chi connectivity index (χ0v) is 15.9. The van der Waals surface area contributed by atoms with Gasteiger partial charge in [-0.3, -0.25) is 4.79 Å². The lowest BCUT2D eigenvalue weighted by molar-refractivity contribution is -0.115. The van der Waals surface area contributed by atoms with E-state index < -0.39 is 0 Å². The van der Waals surface area contributed by atoms with Crippen molar-refractivity contribution in [3.05, 3.63) is 48.4 Å². The van der Waals surface area contributed by atoms with Crippen LogP contribution in [0.5, 0.6) is 5.88 Å². The summed E-state index contributed by atoms with van der Waals surface area (Å²) in [7, 11) is 0. The highest BCUT2D eigenvalue weighted by molar-refractivity contribution is 5.91. The summed E-state index contributed by atoms with van der Waals surface area (Å²) in [4.78, 5) is 16.0. The zero-order chi connectivity index (χ0) is 19.8. The minimum absolute atomic E-state index is 0.00961. The summed E-state index contributed by atoms with van der Waals surface area (Å²) in [6.07, 6.45) is 2.00. The van der Waals surface area contributed by atoms with E-state index in [9.17, 15) is 9.18 Å². The van der Waals surface area contributed by atoms with Crippen LogP contribution in [-0.2, 0) is 4.79 Å². The highest BCUT2D eigenvalue weighted by Gasteiger charge is 2.34. The lowest BCUT2D eigenvalue weighted by Crippen LogP contribution is -2.15. The number of ether oxygens (including phenoxy) is 1. The van der Waals surface area contributed by atoms with E-state index in [1.165, 1.54) is 12.1 Å². The smallest absolute Gasteiger partial charge is 0.225 e. The Labute approximate surface area is 162 Å². The van der Waals surface area contributed by atoms with Crippen LogP contribution in [0.3, 0.4) is 0 Å². The molecule has 2 unspecified atom stereocenters. The number of anilines is 1. The predicted molar refractivity (Wildman–Crippen MR) is 105 cm³/mol. The van der Waals surface area contributed by atoms with Crippen LogP contribution in [0.4, 0.5) is 10.2 Å². The highest BCUT2D eigenvalue weighted by Crippen LogP contribution is 2.45. The van der Waals surface area contributed by atoms with Crippen LogP contribution >= 0.6 is 0 Å². The molecule has 144 valence electrons. The molecule has 6 nitrogen and oxygen atoms in total. The summed E-state index contributed by atoms with van der Waals surface area (Å²) >= 11 is 0. The van der Waals surface area contributed by atoms with Crippen molar-refractivity contribution in [3.8, 4) is 28.3 Å². The maximum absolute atomic E-state index is 13.4. The van der Waals surface area contributed by atoms with E-state index in [-0.39, 0.29) is 23.9 Å². The van der Waals surface area contributed by atoms with Crippen molar-refractivity contribution in [3.63, 3.8) is 0 Å². The van der Waals surface area contributed by atoms with Crippen molar-refractivity contribution in [1.82, 2.24) is 14.8 Å². The van der Waals surface area contributed by atoms with Crippen molar-refractivity contribution >= 4 is 11.7 Å². The van der Waals surface area contributed by atoms with Crippen LogP contribution in [-0.4, -0.2) is 26.8 Å². The van der Waals surface area contributed by atoms with E-state index >= 15 is 0 Å². The number of halogens is 1. The van der Waals surface area contributed by atoms with E-state index in [2.05, 4.69) is 10.3 Å². The molecular formula is C21H21FN4O2. The molecule has 7 heteroatoms. The van der Waals surface area contributed by atoms with Gasteiger partial charge in [0.1, 0.15) is 23.4 Å². The molecule has 0 radical (unpaired) electrons. The van der Waals surface area contributed by atoms with E-state index in [1.807, 2.05) is 24.6 Å². The van der Waals surface area contributed by atoms with Crippen LogP contribution in [0.15, 0.2) is 42.6 Å². The van der Waals surface area contributed by atoms with E-state index in [1.54, 1.807) is 31.3 Å². The molecule has 1 aliphatic heterocycles. The van der Waals surface area contributed by atoms with Crippen LogP contribution in [0.25, 0.3) is 22.4 Å². The first kappa shape index (κ1) is 18.2. The molecule has 3 aromatic rings. The largest absolute Gasteiger partial charge is 0.472 e. The summed E-state index contributed by atoms with van der Waals surface area (Å²) in [6.45, 7) is 5.83. The monoisotopic (exact) mass is 380 g/mol. The Bertz CT molecular complexity index is 1030. The van der Waals surface area contributed by atoms with Crippen LogP contribution in [0, 0.1) is 5.82 Å². The second-order valence-electron chi connectivity index (χ2n) is 6.88. The number of nitrogens with one attached hydrogen (secondary N) is 1. The first-order chi connectivity index (χ1) is 13.5.